The molecule has 9 nitrogen and oxygen atoms in total. The number of rotatable bonds is 6. The van der Waals surface area contributed by atoms with Crippen LogP contribution in [0.3, 0.4) is 0 Å². The van der Waals surface area contributed by atoms with Crippen LogP contribution in [0.5, 0.6) is 5.75 Å². The van der Waals surface area contributed by atoms with Gasteiger partial charge in [-0.15, -0.1) is 0 Å². The van der Waals surface area contributed by atoms with E-state index in [4.69, 9.17) is 10.5 Å². The van der Waals surface area contributed by atoms with Crippen molar-refractivity contribution in [3.05, 3.63) is 77.4 Å². The van der Waals surface area contributed by atoms with E-state index in [0.29, 0.717) is 28.1 Å². The monoisotopic (exact) mass is 503 g/mol. The van der Waals surface area contributed by atoms with Gasteiger partial charge < -0.3 is 20.9 Å². The molecule has 0 radical (unpaired) electrons. The summed E-state index contributed by atoms with van der Waals surface area (Å²) < 4.78 is 21.1. The van der Waals surface area contributed by atoms with Gasteiger partial charge >= 0.3 is 0 Å². The molecule has 1 aliphatic heterocycles. The number of nitrogens with zero attached hydrogens (tertiary/aromatic N) is 3. The van der Waals surface area contributed by atoms with Crippen LogP contribution in [0.1, 0.15) is 35.5 Å². The maximum atomic E-state index is 13.6. The lowest BCUT2D eigenvalue weighted by Gasteiger charge is -2.26. The maximum Gasteiger partial charge on any atom is 0.251 e. The number of primary amides is 1. The Hall–Kier alpha value is -4.31. The molecule has 0 spiro atoms. The summed E-state index contributed by atoms with van der Waals surface area (Å²) >= 11 is 0. The van der Waals surface area contributed by atoms with Crippen LogP contribution in [0, 0.1) is 5.82 Å². The van der Waals surface area contributed by atoms with Crippen molar-refractivity contribution >= 4 is 22.7 Å². The molecule has 0 bridgehead atoms. The first-order chi connectivity index (χ1) is 17.5. The van der Waals surface area contributed by atoms with Crippen molar-refractivity contribution in [1.82, 2.24) is 20.1 Å². The number of nitrogens with two attached hydrogens (primary N) is 1. The molecule has 0 saturated heterocycles. The van der Waals surface area contributed by atoms with E-state index in [0.717, 1.165) is 10.9 Å². The Morgan fingerprint density at radius 2 is 1.97 bits per heavy atom. The number of nitrogens with one attached hydrogen (secondary N) is 1. The van der Waals surface area contributed by atoms with Crippen LogP contribution >= 0.6 is 0 Å². The van der Waals surface area contributed by atoms with Gasteiger partial charge in [0.15, 0.2) is 0 Å². The van der Waals surface area contributed by atoms with Crippen molar-refractivity contribution in [3.8, 4) is 17.0 Å². The van der Waals surface area contributed by atoms with E-state index in [1.807, 2.05) is 6.20 Å². The Morgan fingerprint density at radius 3 is 2.68 bits per heavy atom. The lowest BCUT2D eigenvalue weighted by molar-refractivity contribution is -0.123. The van der Waals surface area contributed by atoms with Gasteiger partial charge in [0, 0.05) is 35.3 Å². The molecule has 1 aliphatic rings. The molecule has 37 heavy (non-hydrogen) atoms. The molecular weight excluding hydrogens is 477 g/mol. The van der Waals surface area contributed by atoms with Crippen LogP contribution < -0.4 is 15.8 Å². The summed E-state index contributed by atoms with van der Waals surface area (Å²) in [6.45, 7) is 3.01. The number of carbonyl (C=O) groups excluding carboxylic acids is 2. The first-order valence-corrected chi connectivity index (χ1v) is 11.7. The zero-order valence-corrected chi connectivity index (χ0v) is 20.6. The molecule has 2 aromatic carbocycles. The summed E-state index contributed by atoms with van der Waals surface area (Å²) in [5, 5.41) is 19.3. The number of amides is 2. The molecule has 0 saturated carbocycles. The summed E-state index contributed by atoms with van der Waals surface area (Å²) in [4.78, 5) is 29.9. The van der Waals surface area contributed by atoms with E-state index in [-0.39, 0.29) is 24.8 Å². The average molecular weight is 504 g/mol. The standard InChI is InChI=1S/C27H26FN5O4/c1-26(25(29)35)14-37-23-19(26)11-21(31-22(23)15-4-7-18(28)8-5-15)27(2,36)13-30-24(34)16-6-9-20-17(10-16)12-33(3)32-20/h4-12,36H,13-14H2,1-3H3,(H2,29,35)(H,30,34)/t26-,27-/m0/s1. The molecule has 4 N–H and O–H groups in total. The summed E-state index contributed by atoms with van der Waals surface area (Å²) in [6, 6.07) is 12.4. The highest BCUT2D eigenvalue weighted by atomic mass is 19.1. The van der Waals surface area contributed by atoms with E-state index in [9.17, 15) is 19.1 Å². The minimum atomic E-state index is -1.63. The van der Waals surface area contributed by atoms with E-state index in [1.54, 1.807) is 42.9 Å². The fourth-order valence-corrected chi connectivity index (χ4v) is 4.40. The lowest BCUT2D eigenvalue weighted by Crippen LogP contribution is -2.41. The Balaban J connectivity index is 1.49. The molecule has 4 aromatic rings. The van der Waals surface area contributed by atoms with Crippen molar-refractivity contribution in [2.24, 2.45) is 12.8 Å². The van der Waals surface area contributed by atoms with Crippen molar-refractivity contribution in [2.75, 3.05) is 13.2 Å². The summed E-state index contributed by atoms with van der Waals surface area (Å²) in [5.74, 6) is -1.04. The van der Waals surface area contributed by atoms with Gasteiger partial charge in [0.2, 0.25) is 5.91 Å². The Kier molecular flexibility index (Phi) is 5.71. The van der Waals surface area contributed by atoms with Gasteiger partial charge in [-0.25, -0.2) is 9.37 Å². The normalized spacial score (nSPS) is 18.2. The van der Waals surface area contributed by atoms with Gasteiger partial charge in [0.25, 0.3) is 5.91 Å². The van der Waals surface area contributed by atoms with E-state index in [1.165, 1.54) is 31.2 Å². The molecule has 0 aliphatic carbocycles. The van der Waals surface area contributed by atoms with Crippen LogP contribution in [0.2, 0.25) is 0 Å². The van der Waals surface area contributed by atoms with Crippen molar-refractivity contribution in [2.45, 2.75) is 24.9 Å². The average Bonchev–Trinajstić information content (AvgIpc) is 3.41. The third-order valence-electron chi connectivity index (χ3n) is 6.76. The summed E-state index contributed by atoms with van der Waals surface area (Å²) in [6.07, 6.45) is 1.81. The Labute approximate surface area is 212 Å². The van der Waals surface area contributed by atoms with E-state index in [2.05, 4.69) is 15.4 Å². The molecule has 5 rings (SSSR count). The molecule has 3 heterocycles. The molecule has 2 amide bonds. The molecule has 2 atom stereocenters. The second kappa shape index (κ2) is 8.67. The number of aryl methyl sites for hydroxylation is 1. The van der Waals surface area contributed by atoms with Crippen LogP contribution in [0.15, 0.2) is 54.7 Å². The number of hydrogen-bond donors (Lipinski definition) is 3. The maximum absolute atomic E-state index is 13.6. The Morgan fingerprint density at radius 1 is 1.24 bits per heavy atom. The van der Waals surface area contributed by atoms with Crippen LogP contribution in [0.25, 0.3) is 22.2 Å². The van der Waals surface area contributed by atoms with Gasteiger partial charge in [0.05, 0.1) is 17.8 Å². The minimum absolute atomic E-state index is 0.00664. The van der Waals surface area contributed by atoms with Gasteiger partial charge in [-0.05, 0) is 62.4 Å². The highest BCUT2D eigenvalue weighted by molar-refractivity contribution is 5.98. The summed E-state index contributed by atoms with van der Waals surface area (Å²) in [5.41, 5.74) is 5.66. The predicted molar refractivity (Wildman–Crippen MR) is 134 cm³/mol. The fraction of sp³-hybridized carbons (Fsp3) is 0.259. The fourth-order valence-electron chi connectivity index (χ4n) is 4.40. The molecule has 0 unspecified atom stereocenters. The van der Waals surface area contributed by atoms with E-state index < -0.39 is 22.7 Å². The van der Waals surface area contributed by atoms with E-state index >= 15 is 0 Å². The van der Waals surface area contributed by atoms with Gasteiger partial charge in [0.1, 0.15) is 34.9 Å². The number of hydrogen-bond acceptors (Lipinski definition) is 6. The molecule has 2 aromatic heterocycles. The number of aliphatic hydroxyl groups is 1. The largest absolute Gasteiger partial charge is 0.489 e. The van der Waals surface area contributed by atoms with Gasteiger partial charge in [-0.3, -0.25) is 14.3 Å². The van der Waals surface area contributed by atoms with Crippen molar-refractivity contribution in [3.63, 3.8) is 0 Å². The number of benzene rings is 2. The van der Waals surface area contributed by atoms with Crippen molar-refractivity contribution < 1.29 is 23.8 Å². The van der Waals surface area contributed by atoms with Crippen LogP contribution in [0.4, 0.5) is 4.39 Å². The quantitative estimate of drug-likeness (QED) is 0.371. The smallest absolute Gasteiger partial charge is 0.251 e. The molecule has 0 fully saturated rings. The number of carbonyl (C=O) groups is 2. The third-order valence-corrected chi connectivity index (χ3v) is 6.76. The number of ether oxygens (including phenoxy) is 1. The van der Waals surface area contributed by atoms with Crippen molar-refractivity contribution in [1.29, 1.82) is 0 Å². The lowest BCUT2D eigenvalue weighted by atomic mass is 9.82. The molecule has 10 heteroatoms. The van der Waals surface area contributed by atoms with Crippen LogP contribution in [-0.4, -0.2) is 44.8 Å². The minimum Gasteiger partial charge on any atom is -0.489 e. The highest BCUT2D eigenvalue weighted by Crippen LogP contribution is 2.45. The van der Waals surface area contributed by atoms with Gasteiger partial charge in [-0.1, -0.05) is 0 Å². The zero-order valence-electron chi connectivity index (χ0n) is 20.6. The second-order valence-electron chi connectivity index (χ2n) is 9.76. The first kappa shape index (κ1) is 24.4. The topological polar surface area (TPSA) is 132 Å². The first-order valence-electron chi connectivity index (χ1n) is 11.7. The molecular formula is C27H26FN5O4. The molecule has 190 valence electrons. The highest BCUT2D eigenvalue weighted by Gasteiger charge is 2.45. The third kappa shape index (κ3) is 4.29. The predicted octanol–water partition coefficient (Wildman–Crippen LogP) is 2.55. The summed E-state index contributed by atoms with van der Waals surface area (Å²) in [7, 11) is 1.80. The number of pyridine rings is 1. The SMILES string of the molecule is Cn1cc2cc(C(=O)NC[C@](C)(O)c3cc4c(c(-c5ccc(F)cc5)n3)OC[C@]4(C)C(N)=O)ccc2n1. The van der Waals surface area contributed by atoms with Crippen LogP contribution in [-0.2, 0) is 22.9 Å². The second-order valence-corrected chi connectivity index (χ2v) is 9.76. The van der Waals surface area contributed by atoms with Gasteiger partial charge in [-0.2, -0.15) is 5.10 Å². The number of aromatic nitrogens is 3. The zero-order chi connectivity index (χ0) is 26.5. The Bertz CT molecular complexity index is 1550. The number of fused-ring (bicyclic) bond motifs is 2. The number of halogens is 1.